The van der Waals surface area contributed by atoms with Crippen LogP contribution in [0.5, 0.6) is 0 Å². The molecule has 130 valence electrons. The molecule has 0 saturated carbocycles. The third-order valence-electron chi connectivity index (χ3n) is 4.18. The number of fused-ring (bicyclic) bond motifs is 1. The molecule has 0 fully saturated rings. The van der Waals surface area contributed by atoms with Crippen molar-refractivity contribution in [3.63, 3.8) is 0 Å². The zero-order chi connectivity index (χ0) is 18.7. The van der Waals surface area contributed by atoms with E-state index in [2.05, 4.69) is 4.90 Å². The number of aryl methyl sites for hydroxylation is 1. The highest BCUT2D eigenvalue weighted by molar-refractivity contribution is 6.04. The predicted octanol–water partition coefficient (Wildman–Crippen LogP) is 1.63. The maximum absolute atomic E-state index is 12.4. The van der Waals surface area contributed by atoms with Crippen LogP contribution in [0.3, 0.4) is 0 Å². The molecular weight excluding hydrogens is 320 g/mol. The van der Waals surface area contributed by atoms with Crippen LogP contribution < -0.4 is 22.0 Å². The molecule has 0 aliphatic carbocycles. The van der Waals surface area contributed by atoms with Crippen LogP contribution in [-0.2, 0) is 4.79 Å². The highest BCUT2D eigenvalue weighted by Gasteiger charge is 2.19. The van der Waals surface area contributed by atoms with Gasteiger partial charge in [-0.25, -0.2) is 4.79 Å². The standard InChI is InChI=1S/C18H20N4O3/c1-4-22(5-2)11-6-7-12-10(3)15(18(24)25-14(12)8-11)16(20)13(9-19)17(21)23/h6-8H,4-5,20H2,1-3H3,(H2,21,23)/b16-13+. The number of primary amides is 1. The Kier molecular flexibility index (Phi) is 5.13. The lowest BCUT2D eigenvalue weighted by Gasteiger charge is -2.21. The van der Waals surface area contributed by atoms with E-state index in [9.17, 15) is 9.59 Å². The van der Waals surface area contributed by atoms with Crippen molar-refractivity contribution in [3.05, 3.63) is 45.3 Å². The van der Waals surface area contributed by atoms with Gasteiger partial charge in [0.2, 0.25) is 0 Å². The first-order valence-electron chi connectivity index (χ1n) is 7.88. The number of nitrogens with zero attached hydrogens (tertiary/aromatic N) is 2. The fourth-order valence-corrected chi connectivity index (χ4v) is 2.81. The molecule has 4 N–H and O–H groups in total. The predicted molar refractivity (Wildman–Crippen MR) is 96.7 cm³/mol. The first-order chi connectivity index (χ1) is 11.8. The lowest BCUT2D eigenvalue weighted by Crippen LogP contribution is -2.22. The Morgan fingerprint density at radius 3 is 2.44 bits per heavy atom. The van der Waals surface area contributed by atoms with Crippen molar-refractivity contribution in [2.45, 2.75) is 20.8 Å². The summed E-state index contributed by atoms with van der Waals surface area (Å²) in [5.41, 5.74) is 11.4. The second-order valence-electron chi connectivity index (χ2n) is 5.51. The third kappa shape index (κ3) is 3.19. The van der Waals surface area contributed by atoms with Crippen molar-refractivity contribution in [2.24, 2.45) is 11.5 Å². The average molecular weight is 340 g/mol. The van der Waals surface area contributed by atoms with Gasteiger partial charge >= 0.3 is 5.63 Å². The number of nitriles is 1. The van der Waals surface area contributed by atoms with E-state index in [0.717, 1.165) is 18.8 Å². The summed E-state index contributed by atoms with van der Waals surface area (Å²) in [5.74, 6) is -0.990. The lowest BCUT2D eigenvalue weighted by molar-refractivity contribution is -0.114. The molecule has 0 bridgehead atoms. The average Bonchev–Trinajstić information content (AvgIpc) is 2.56. The molecule has 0 spiro atoms. The van der Waals surface area contributed by atoms with Gasteiger partial charge in [-0.1, -0.05) is 0 Å². The molecule has 0 unspecified atom stereocenters. The second-order valence-corrected chi connectivity index (χ2v) is 5.51. The minimum absolute atomic E-state index is 0.0153. The Balaban J connectivity index is 2.76. The molecule has 2 rings (SSSR count). The van der Waals surface area contributed by atoms with Gasteiger partial charge in [-0.05, 0) is 38.5 Å². The van der Waals surface area contributed by atoms with E-state index < -0.39 is 17.1 Å². The molecule has 7 nitrogen and oxygen atoms in total. The van der Waals surface area contributed by atoms with Crippen molar-refractivity contribution in [1.82, 2.24) is 0 Å². The first kappa shape index (κ1) is 18.1. The smallest absolute Gasteiger partial charge is 0.346 e. The molecule has 7 heteroatoms. The second kappa shape index (κ2) is 7.09. The van der Waals surface area contributed by atoms with Crippen molar-refractivity contribution in [3.8, 4) is 6.07 Å². The van der Waals surface area contributed by atoms with E-state index in [0.29, 0.717) is 16.5 Å². The van der Waals surface area contributed by atoms with E-state index in [1.165, 1.54) is 0 Å². The fraction of sp³-hybridized carbons (Fsp3) is 0.278. The van der Waals surface area contributed by atoms with Crippen molar-refractivity contribution >= 4 is 28.3 Å². The van der Waals surface area contributed by atoms with Crippen LogP contribution >= 0.6 is 0 Å². The number of nitrogens with two attached hydrogens (primary N) is 2. The van der Waals surface area contributed by atoms with Crippen LogP contribution in [0, 0.1) is 18.3 Å². The molecule has 0 radical (unpaired) electrons. The van der Waals surface area contributed by atoms with Gasteiger partial charge in [0.1, 0.15) is 17.2 Å². The summed E-state index contributed by atoms with van der Waals surface area (Å²) in [6.07, 6.45) is 0. The molecule has 1 amide bonds. The van der Waals surface area contributed by atoms with Gasteiger partial charge in [-0.15, -0.1) is 0 Å². The van der Waals surface area contributed by atoms with Gasteiger partial charge < -0.3 is 20.8 Å². The van der Waals surface area contributed by atoms with Gasteiger partial charge in [0.25, 0.3) is 5.91 Å². The van der Waals surface area contributed by atoms with Crippen LogP contribution in [0.4, 0.5) is 5.69 Å². The molecule has 1 aromatic heterocycles. The summed E-state index contributed by atoms with van der Waals surface area (Å²) in [4.78, 5) is 25.9. The monoisotopic (exact) mass is 340 g/mol. The van der Waals surface area contributed by atoms with Gasteiger partial charge in [0, 0.05) is 30.2 Å². The number of hydrogen-bond acceptors (Lipinski definition) is 6. The minimum Gasteiger partial charge on any atom is -0.422 e. The van der Waals surface area contributed by atoms with Gasteiger partial charge in [-0.2, -0.15) is 5.26 Å². The van der Waals surface area contributed by atoms with Crippen LogP contribution in [0.1, 0.15) is 25.0 Å². The zero-order valence-electron chi connectivity index (χ0n) is 14.4. The number of benzene rings is 1. The first-order valence-corrected chi connectivity index (χ1v) is 7.88. The number of carbonyl (C=O) groups is 1. The fourth-order valence-electron chi connectivity index (χ4n) is 2.81. The topological polar surface area (TPSA) is 126 Å². The molecular formula is C18H20N4O3. The quantitative estimate of drug-likeness (QED) is 0.484. The Bertz CT molecular complexity index is 963. The van der Waals surface area contributed by atoms with Crippen molar-refractivity contribution in [1.29, 1.82) is 5.26 Å². The SMILES string of the molecule is CCN(CC)c1ccc2c(C)c(/C(N)=C(/C#N)C(N)=O)c(=O)oc2c1. The van der Waals surface area contributed by atoms with Crippen LogP contribution in [0.15, 0.2) is 33.0 Å². The number of anilines is 1. The van der Waals surface area contributed by atoms with E-state index in [1.807, 2.05) is 26.0 Å². The summed E-state index contributed by atoms with van der Waals surface area (Å²) >= 11 is 0. The summed E-state index contributed by atoms with van der Waals surface area (Å²) in [5, 5.41) is 9.72. The van der Waals surface area contributed by atoms with Crippen LogP contribution in [-0.4, -0.2) is 19.0 Å². The van der Waals surface area contributed by atoms with Crippen molar-refractivity contribution in [2.75, 3.05) is 18.0 Å². The molecule has 1 aromatic carbocycles. The van der Waals surface area contributed by atoms with Crippen LogP contribution in [0.25, 0.3) is 16.7 Å². The molecule has 25 heavy (non-hydrogen) atoms. The molecule has 0 saturated heterocycles. The molecule has 0 aliphatic heterocycles. The maximum Gasteiger partial charge on any atom is 0.346 e. The minimum atomic E-state index is -0.990. The molecule has 0 aliphatic rings. The van der Waals surface area contributed by atoms with Gasteiger partial charge in [0.05, 0.1) is 11.3 Å². The number of amides is 1. The highest BCUT2D eigenvalue weighted by Crippen LogP contribution is 2.27. The van der Waals surface area contributed by atoms with E-state index in [4.69, 9.17) is 21.1 Å². The summed E-state index contributed by atoms with van der Waals surface area (Å²) < 4.78 is 5.39. The number of carbonyl (C=O) groups excluding carboxylic acids is 1. The largest absolute Gasteiger partial charge is 0.422 e. The normalized spacial score (nSPS) is 11.8. The van der Waals surface area contributed by atoms with Gasteiger partial charge in [-0.3, -0.25) is 4.79 Å². The Hall–Kier alpha value is -3.27. The molecule has 0 atom stereocenters. The maximum atomic E-state index is 12.4. The van der Waals surface area contributed by atoms with E-state index in [-0.39, 0.29) is 11.3 Å². The third-order valence-corrected chi connectivity index (χ3v) is 4.18. The molecule has 2 aromatic rings. The Morgan fingerprint density at radius 2 is 1.92 bits per heavy atom. The van der Waals surface area contributed by atoms with Crippen LogP contribution in [0.2, 0.25) is 0 Å². The van der Waals surface area contributed by atoms with E-state index in [1.54, 1.807) is 19.1 Å². The summed E-state index contributed by atoms with van der Waals surface area (Å²) in [6.45, 7) is 7.41. The Labute approximate surface area is 145 Å². The Morgan fingerprint density at radius 1 is 1.28 bits per heavy atom. The summed E-state index contributed by atoms with van der Waals surface area (Å²) in [6, 6.07) is 7.18. The highest BCUT2D eigenvalue weighted by atomic mass is 16.4. The molecule has 1 heterocycles. The van der Waals surface area contributed by atoms with E-state index >= 15 is 0 Å². The van der Waals surface area contributed by atoms with Crippen molar-refractivity contribution < 1.29 is 9.21 Å². The zero-order valence-corrected chi connectivity index (χ0v) is 14.4. The number of hydrogen-bond donors (Lipinski definition) is 2. The summed E-state index contributed by atoms with van der Waals surface area (Å²) in [7, 11) is 0. The lowest BCUT2D eigenvalue weighted by atomic mass is 10.0. The number of rotatable bonds is 5. The van der Waals surface area contributed by atoms with Gasteiger partial charge in [0.15, 0.2) is 0 Å².